The Bertz CT molecular complexity index is 921. The summed E-state index contributed by atoms with van der Waals surface area (Å²) in [7, 11) is 1.72. The molecule has 3 aromatic rings. The average molecular weight is 375 g/mol. The zero-order valence-corrected chi connectivity index (χ0v) is 15.3. The number of aryl methyl sites for hydroxylation is 1. The lowest BCUT2D eigenvalue weighted by atomic mass is 10.0. The molecule has 1 aromatic heterocycles. The zero-order valence-electron chi connectivity index (χ0n) is 13.8. The van der Waals surface area contributed by atoms with Crippen molar-refractivity contribution in [3.63, 3.8) is 0 Å². The number of benzene rings is 2. The second-order valence-electron chi connectivity index (χ2n) is 5.69. The Hall–Kier alpha value is -2.30. The lowest BCUT2D eigenvalue weighted by Crippen LogP contribution is -2.27. The van der Waals surface area contributed by atoms with Crippen LogP contribution in [0, 0.1) is 6.92 Å². The van der Waals surface area contributed by atoms with Crippen molar-refractivity contribution in [3.05, 3.63) is 75.5 Å². The molecule has 128 valence electrons. The fourth-order valence-electron chi connectivity index (χ4n) is 2.61. The molecule has 0 radical (unpaired) electrons. The van der Waals surface area contributed by atoms with Crippen LogP contribution in [0.4, 0.5) is 0 Å². The molecule has 0 aliphatic carbocycles. The zero-order chi connectivity index (χ0) is 18.0. The number of carbonyl (C=O) groups excluding carboxylic acids is 1. The number of aromatic nitrogens is 1. The highest BCUT2D eigenvalue weighted by Crippen LogP contribution is 2.32. The summed E-state index contributed by atoms with van der Waals surface area (Å²) >= 11 is 12.4. The van der Waals surface area contributed by atoms with E-state index < -0.39 is 0 Å². The van der Waals surface area contributed by atoms with Crippen molar-refractivity contribution in [1.29, 1.82) is 0 Å². The maximum absolute atomic E-state index is 13.0. The number of hydrogen-bond acceptors (Lipinski definition) is 3. The molecule has 4 nitrogen and oxygen atoms in total. The van der Waals surface area contributed by atoms with Gasteiger partial charge in [0.2, 0.25) is 0 Å². The van der Waals surface area contributed by atoms with Crippen LogP contribution in [0.2, 0.25) is 10.0 Å². The minimum absolute atomic E-state index is 0.200. The van der Waals surface area contributed by atoms with Gasteiger partial charge in [-0.2, -0.15) is 0 Å². The second-order valence-corrected chi connectivity index (χ2v) is 6.51. The van der Waals surface area contributed by atoms with Gasteiger partial charge in [-0.25, -0.2) is 0 Å². The fourth-order valence-corrected chi connectivity index (χ4v) is 3.03. The van der Waals surface area contributed by atoms with E-state index in [2.05, 4.69) is 5.16 Å². The lowest BCUT2D eigenvalue weighted by molar-refractivity contribution is 0.0784. The van der Waals surface area contributed by atoms with Gasteiger partial charge >= 0.3 is 0 Å². The quantitative estimate of drug-likeness (QED) is 0.627. The summed E-state index contributed by atoms with van der Waals surface area (Å²) in [5, 5.41) is 5.18. The standard InChI is InChI=1S/C19H16Cl2N2O2/c1-12-17(18(22-25-12)14-8-4-6-10-16(14)21)19(24)23(2)11-13-7-3-5-9-15(13)20/h3-10H,11H2,1-2H3. The SMILES string of the molecule is Cc1onc(-c2ccccc2Cl)c1C(=O)N(C)Cc1ccccc1Cl. The van der Waals surface area contributed by atoms with E-state index in [0.29, 0.717) is 39.2 Å². The Labute approximate surface area is 155 Å². The lowest BCUT2D eigenvalue weighted by Gasteiger charge is -2.18. The molecule has 0 unspecified atom stereocenters. The molecule has 0 spiro atoms. The first-order valence-electron chi connectivity index (χ1n) is 7.69. The Balaban J connectivity index is 1.94. The van der Waals surface area contributed by atoms with Gasteiger partial charge in [-0.3, -0.25) is 4.79 Å². The average Bonchev–Trinajstić information content (AvgIpc) is 2.98. The largest absolute Gasteiger partial charge is 0.360 e. The van der Waals surface area contributed by atoms with E-state index in [0.717, 1.165) is 5.56 Å². The van der Waals surface area contributed by atoms with Crippen LogP contribution < -0.4 is 0 Å². The second kappa shape index (κ2) is 7.30. The molecule has 25 heavy (non-hydrogen) atoms. The summed E-state index contributed by atoms with van der Waals surface area (Å²) in [4.78, 5) is 14.6. The monoisotopic (exact) mass is 374 g/mol. The van der Waals surface area contributed by atoms with Gasteiger partial charge in [-0.1, -0.05) is 64.8 Å². The highest BCUT2D eigenvalue weighted by Gasteiger charge is 2.25. The first kappa shape index (κ1) is 17.5. The normalized spacial score (nSPS) is 10.7. The fraction of sp³-hybridized carbons (Fsp3) is 0.158. The van der Waals surface area contributed by atoms with E-state index in [1.807, 2.05) is 36.4 Å². The highest BCUT2D eigenvalue weighted by molar-refractivity contribution is 6.33. The molecule has 0 fully saturated rings. The molecular formula is C19H16Cl2N2O2. The third-order valence-electron chi connectivity index (χ3n) is 3.92. The number of amides is 1. The molecule has 1 heterocycles. The van der Waals surface area contributed by atoms with Crippen LogP contribution in [-0.4, -0.2) is 23.0 Å². The molecule has 0 N–H and O–H groups in total. The van der Waals surface area contributed by atoms with Crippen molar-refractivity contribution in [3.8, 4) is 11.3 Å². The molecule has 0 saturated carbocycles. The predicted molar refractivity (Wildman–Crippen MR) is 98.9 cm³/mol. The first-order valence-corrected chi connectivity index (χ1v) is 8.44. The summed E-state index contributed by atoms with van der Waals surface area (Å²) in [6, 6.07) is 14.7. The van der Waals surface area contributed by atoms with Gasteiger partial charge in [-0.15, -0.1) is 0 Å². The molecule has 1 amide bonds. The van der Waals surface area contributed by atoms with E-state index in [-0.39, 0.29) is 5.91 Å². The molecule has 0 atom stereocenters. The molecule has 3 rings (SSSR count). The topological polar surface area (TPSA) is 46.3 Å². The van der Waals surface area contributed by atoms with Crippen molar-refractivity contribution >= 4 is 29.1 Å². The molecule has 0 saturated heterocycles. The molecule has 0 aliphatic heterocycles. The molecule has 6 heteroatoms. The molecule has 0 bridgehead atoms. The van der Waals surface area contributed by atoms with Gasteiger partial charge in [0.1, 0.15) is 17.0 Å². The van der Waals surface area contributed by atoms with Crippen molar-refractivity contribution < 1.29 is 9.32 Å². The maximum atomic E-state index is 13.0. The van der Waals surface area contributed by atoms with Crippen molar-refractivity contribution in [2.75, 3.05) is 7.05 Å². The Morgan fingerprint density at radius 3 is 2.40 bits per heavy atom. The summed E-state index contributed by atoms with van der Waals surface area (Å²) in [5.74, 6) is 0.250. The van der Waals surface area contributed by atoms with E-state index in [1.54, 1.807) is 31.0 Å². The summed E-state index contributed by atoms with van der Waals surface area (Å²) in [6.45, 7) is 2.09. The van der Waals surface area contributed by atoms with Gasteiger partial charge in [0.05, 0.1) is 5.02 Å². The minimum atomic E-state index is -0.200. The highest BCUT2D eigenvalue weighted by atomic mass is 35.5. The Kier molecular flexibility index (Phi) is 5.11. The molecule has 0 aliphatic rings. The number of hydrogen-bond donors (Lipinski definition) is 0. The summed E-state index contributed by atoms with van der Waals surface area (Å²) < 4.78 is 5.27. The van der Waals surface area contributed by atoms with Crippen molar-refractivity contribution in [2.45, 2.75) is 13.5 Å². The number of rotatable bonds is 4. The third kappa shape index (κ3) is 3.55. The van der Waals surface area contributed by atoms with Crippen LogP contribution in [-0.2, 0) is 6.54 Å². The van der Waals surface area contributed by atoms with Gasteiger partial charge in [0.25, 0.3) is 5.91 Å². The number of nitrogens with zero attached hydrogens (tertiary/aromatic N) is 2. The van der Waals surface area contributed by atoms with E-state index in [9.17, 15) is 4.79 Å². The van der Waals surface area contributed by atoms with E-state index in [1.165, 1.54) is 0 Å². The van der Waals surface area contributed by atoms with Crippen LogP contribution in [0.3, 0.4) is 0 Å². The van der Waals surface area contributed by atoms with Crippen LogP contribution >= 0.6 is 23.2 Å². The number of carbonyl (C=O) groups is 1. The van der Waals surface area contributed by atoms with Crippen LogP contribution in [0.25, 0.3) is 11.3 Å². The number of halogens is 2. The Morgan fingerprint density at radius 1 is 1.08 bits per heavy atom. The Morgan fingerprint density at radius 2 is 1.72 bits per heavy atom. The first-order chi connectivity index (χ1) is 12.0. The smallest absolute Gasteiger partial charge is 0.259 e. The molecule has 2 aromatic carbocycles. The predicted octanol–water partition coefficient (Wildman–Crippen LogP) is 5.23. The van der Waals surface area contributed by atoms with Crippen LogP contribution in [0.1, 0.15) is 21.7 Å². The third-order valence-corrected chi connectivity index (χ3v) is 4.62. The van der Waals surface area contributed by atoms with Crippen LogP contribution in [0.15, 0.2) is 53.1 Å². The van der Waals surface area contributed by atoms with Gasteiger partial charge in [0.15, 0.2) is 0 Å². The van der Waals surface area contributed by atoms with Crippen LogP contribution in [0.5, 0.6) is 0 Å². The van der Waals surface area contributed by atoms with Crippen molar-refractivity contribution in [2.24, 2.45) is 0 Å². The van der Waals surface area contributed by atoms with E-state index >= 15 is 0 Å². The van der Waals surface area contributed by atoms with E-state index in [4.69, 9.17) is 27.7 Å². The van der Waals surface area contributed by atoms with Gasteiger partial charge < -0.3 is 9.42 Å². The minimum Gasteiger partial charge on any atom is -0.360 e. The van der Waals surface area contributed by atoms with Crippen molar-refractivity contribution in [1.82, 2.24) is 10.1 Å². The molecular weight excluding hydrogens is 359 g/mol. The maximum Gasteiger partial charge on any atom is 0.259 e. The van der Waals surface area contributed by atoms with Gasteiger partial charge in [0, 0.05) is 24.2 Å². The van der Waals surface area contributed by atoms with Gasteiger partial charge in [-0.05, 0) is 24.6 Å². The summed E-state index contributed by atoms with van der Waals surface area (Å²) in [5.41, 5.74) is 2.38. The summed E-state index contributed by atoms with van der Waals surface area (Å²) in [6.07, 6.45) is 0.